The molecule has 4 aromatic rings. The number of H-pyrrole nitrogens is 1. The molecule has 6 rings (SSSR count). The number of allylic oxidation sites excluding steroid dienone is 1. The van der Waals surface area contributed by atoms with Crippen molar-refractivity contribution < 1.29 is 0 Å². The third-order valence-electron chi connectivity index (χ3n) is 6.57. The number of rotatable bonds is 6. The fourth-order valence-corrected chi connectivity index (χ4v) is 8.06. The lowest BCUT2D eigenvalue weighted by Gasteiger charge is -2.17. The second kappa shape index (κ2) is 8.21. The van der Waals surface area contributed by atoms with Crippen molar-refractivity contribution >= 4 is 54.9 Å². The van der Waals surface area contributed by atoms with E-state index in [1.165, 1.54) is 22.2 Å². The number of thioether (sulfide) groups is 1. The molecule has 4 heterocycles. The lowest BCUT2D eigenvalue weighted by atomic mass is 9.89. The van der Waals surface area contributed by atoms with Crippen LogP contribution in [0.25, 0.3) is 20.4 Å². The summed E-state index contributed by atoms with van der Waals surface area (Å²) in [6, 6.07) is 0. The number of aryl methyl sites for hydroxylation is 1. The van der Waals surface area contributed by atoms with Crippen LogP contribution in [0.15, 0.2) is 32.8 Å². The Balaban J connectivity index is 1.35. The van der Waals surface area contributed by atoms with Gasteiger partial charge in [-0.05, 0) is 60.4 Å². The first-order valence-corrected chi connectivity index (χ1v) is 14.0. The third-order valence-corrected chi connectivity index (χ3v) is 9.59. The minimum Gasteiger partial charge on any atom is -0.309 e. The van der Waals surface area contributed by atoms with Gasteiger partial charge in [-0.15, -0.1) is 29.3 Å². The summed E-state index contributed by atoms with van der Waals surface area (Å²) in [4.78, 5) is 41.8. The smallest absolute Gasteiger partial charge is 0.263 e. The van der Waals surface area contributed by atoms with Gasteiger partial charge in [-0.2, -0.15) is 0 Å². The standard InChI is InChI=1S/C24H24N4O2S3/c1-3-8-28-23(30)19-15(13-5-6-13)10-31-21(19)27-24(28)32-11-17-25-20(29)18-14-7-4-12(2)9-16(14)33-22(18)26-17/h3,10,12-13H,1,4-9,11H2,2H3,(H,25,26,29)/t12-/m1/s1. The minimum atomic E-state index is -0.0538. The molecule has 0 saturated heterocycles. The summed E-state index contributed by atoms with van der Waals surface area (Å²) < 4.78 is 1.69. The van der Waals surface area contributed by atoms with Gasteiger partial charge in [-0.3, -0.25) is 14.2 Å². The average Bonchev–Trinajstić information content (AvgIpc) is 3.43. The topological polar surface area (TPSA) is 80.6 Å². The molecule has 0 unspecified atom stereocenters. The zero-order chi connectivity index (χ0) is 22.7. The first-order valence-electron chi connectivity index (χ1n) is 11.3. The Labute approximate surface area is 202 Å². The van der Waals surface area contributed by atoms with Crippen LogP contribution in [0, 0.1) is 5.92 Å². The molecular formula is C24H24N4O2S3. The van der Waals surface area contributed by atoms with Crippen LogP contribution >= 0.6 is 34.4 Å². The van der Waals surface area contributed by atoms with Crippen LogP contribution < -0.4 is 11.1 Å². The highest BCUT2D eigenvalue weighted by atomic mass is 32.2. The lowest BCUT2D eigenvalue weighted by molar-refractivity contribution is 0.509. The Morgan fingerprint density at radius 3 is 2.88 bits per heavy atom. The van der Waals surface area contributed by atoms with Crippen molar-refractivity contribution in [2.75, 3.05) is 0 Å². The zero-order valence-electron chi connectivity index (χ0n) is 18.3. The Morgan fingerprint density at radius 2 is 2.09 bits per heavy atom. The number of fused-ring (bicyclic) bond motifs is 4. The molecule has 1 atom stereocenters. The van der Waals surface area contributed by atoms with Crippen LogP contribution in [0.1, 0.15) is 53.9 Å². The van der Waals surface area contributed by atoms with Gasteiger partial charge in [-0.25, -0.2) is 9.97 Å². The molecule has 1 N–H and O–H groups in total. The van der Waals surface area contributed by atoms with E-state index in [1.54, 1.807) is 33.3 Å². The van der Waals surface area contributed by atoms with Crippen LogP contribution in [0.5, 0.6) is 0 Å². The fraction of sp³-hybridized carbons (Fsp3) is 0.417. The normalized spacial score (nSPS) is 18.2. The summed E-state index contributed by atoms with van der Waals surface area (Å²) >= 11 is 4.64. The summed E-state index contributed by atoms with van der Waals surface area (Å²) in [5.41, 5.74) is 2.29. The van der Waals surface area contributed by atoms with Gasteiger partial charge in [-0.1, -0.05) is 24.8 Å². The van der Waals surface area contributed by atoms with Gasteiger partial charge < -0.3 is 4.98 Å². The van der Waals surface area contributed by atoms with Gasteiger partial charge in [0.15, 0.2) is 5.16 Å². The molecule has 0 radical (unpaired) electrons. The van der Waals surface area contributed by atoms with Crippen molar-refractivity contribution in [2.24, 2.45) is 5.92 Å². The Hall–Kier alpha value is -2.23. The van der Waals surface area contributed by atoms with Crippen LogP contribution in [0.4, 0.5) is 0 Å². The van der Waals surface area contributed by atoms with E-state index < -0.39 is 0 Å². The molecule has 9 heteroatoms. The number of nitrogens with one attached hydrogen (secondary N) is 1. The quantitative estimate of drug-likeness (QED) is 0.224. The Kier molecular flexibility index (Phi) is 5.31. The number of aromatic amines is 1. The van der Waals surface area contributed by atoms with Gasteiger partial charge in [0, 0.05) is 11.4 Å². The third kappa shape index (κ3) is 3.70. The van der Waals surface area contributed by atoms with Crippen molar-refractivity contribution in [3.8, 4) is 0 Å². The van der Waals surface area contributed by atoms with E-state index in [0.29, 0.717) is 35.1 Å². The van der Waals surface area contributed by atoms with E-state index in [0.717, 1.165) is 58.1 Å². The van der Waals surface area contributed by atoms with Gasteiger partial charge in [0.2, 0.25) is 0 Å². The summed E-state index contributed by atoms with van der Waals surface area (Å²) in [5, 5.41) is 4.26. The van der Waals surface area contributed by atoms with Gasteiger partial charge in [0.05, 0.1) is 16.5 Å². The van der Waals surface area contributed by atoms with Crippen LogP contribution in [-0.4, -0.2) is 19.5 Å². The Bertz CT molecular complexity index is 1520. The molecule has 170 valence electrons. The number of hydrogen-bond donors (Lipinski definition) is 1. The van der Waals surface area contributed by atoms with Crippen molar-refractivity contribution in [1.82, 2.24) is 19.5 Å². The summed E-state index contributed by atoms with van der Waals surface area (Å²) in [6.45, 7) is 6.49. The average molecular weight is 497 g/mol. The molecule has 1 saturated carbocycles. The summed E-state index contributed by atoms with van der Waals surface area (Å²) in [7, 11) is 0. The molecule has 0 aliphatic heterocycles. The van der Waals surface area contributed by atoms with Crippen molar-refractivity contribution in [3.05, 3.63) is 60.6 Å². The van der Waals surface area contributed by atoms with E-state index in [9.17, 15) is 9.59 Å². The maximum absolute atomic E-state index is 13.3. The fourth-order valence-electron chi connectivity index (χ4n) is 4.72. The first kappa shape index (κ1) is 21.3. The SMILES string of the molecule is C=CCn1c(SCc2nc3sc4c(c3c(=O)[nH]2)CC[C@@H](C)C4)nc2scc(C3CC3)c2c1=O. The van der Waals surface area contributed by atoms with Crippen molar-refractivity contribution in [3.63, 3.8) is 0 Å². The first-order chi connectivity index (χ1) is 16.0. The highest BCUT2D eigenvalue weighted by Gasteiger charge is 2.29. The van der Waals surface area contributed by atoms with Crippen LogP contribution in [-0.2, 0) is 25.1 Å². The predicted octanol–water partition coefficient (Wildman–Crippen LogP) is 5.24. The molecule has 0 amide bonds. The molecule has 0 spiro atoms. The number of thiophene rings is 2. The summed E-state index contributed by atoms with van der Waals surface area (Å²) in [6.07, 6.45) is 7.13. The second-order valence-corrected chi connectivity index (χ2v) is 12.0. The largest absolute Gasteiger partial charge is 0.309 e. The molecule has 1 fully saturated rings. The molecule has 33 heavy (non-hydrogen) atoms. The highest BCUT2D eigenvalue weighted by molar-refractivity contribution is 7.98. The van der Waals surface area contributed by atoms with E-state index in [1.807, 2.05) is 0 Å². The van der Waals surface area contributed by atoms with Gasteiger partial charge >= 0.3 is 0 Å². The van der Waals surface area contributed by atoms with Gasteiger partial charge in [0.25, 0.3) is 11.1 Å². The van der Waals surface area contributed by atoms with Crippen molar-refractivity contribution in [1.29, 1.82) is 0 Å². The molecule has 0 bridgehead atoms. The number of nitrogens with zero attached hydrogens (tertiary/aromatic N) is 3. The minimum absolute atomic E-state index is 0.00232. The zero-order valence-corrected chi connectivity index (χ0v) is 20.8. The maximum Gasteiger partial charge on any atom is 0.263 e. The molecule has 2 aliphatic rings. The van der Waals surface area contributed by atoms with Crippen LogP contribution in [0.3, 0.4) is 0 Å². The molecule has 2 aliphatic carbocycles. The molecule has 4 aromatic heterocycles. The molecular weight excluding hydrogens is 472 g/mol. The number of hydrogen-bond acceptors (Lipinski definition) is 7. The summed E-state index contributed by atoms with van der Waals surface area (Å²) in [5.74, 6) is 2.22. The molecule has 0 aromatic carbocycles. The van der Waals surface area contributed by atoms with E-state index in [2.05, 4.69) is 23.9 Å². The van der Waals surface area contributed by atoms with Gasteiger partial charge in [0.1, 0.15) is 15.5 Å². The maximum atomic E-state index is 13.3. The van der Waals surface area contributed by atoms with E-state index in [-0.39, 0.29) is 11.1 Å². The van der Waals surface area contributed by atoms with E-state index in [4.69, 9.17) is 9.97 Å². The monoisotopic (exact) mass is 496 g/mol. The lowest BCUT2D eigenvalue weighted by Crippen LogP contribution is -2.23. The van der Waals surface area contributed by atoms with Crippen LogP contribution in [0.2, 0.25) is 0 Å². The van der Waals surface area contributed by atoms with Crippen molar-refractivity contribution in [2.45, 2.75) is 62.4 Å². The molecule has 6 nitrogen and oxygen atoms in total. The highest BCUT2D eigenvalue weighted by Crippen LogP contribution is 2.44. The second-order valence-electron chi connectivity index (χ2n) is 9.08. The number of aromatic nitrogens is 4. The Morgan fingerprint density at radius 1 is 1.24 bits per heavy atom. The predicted molar refractivity (Wildman–Crippen MR) is 137 cm³/mol. The van der Waals surface area contributed by atoms with E-state index >= 15 is 0 Å².